The first-order chi connectivity index (χ1) is 9.31. The number of nitrogens with one attached hydrogen (secondary N) is 1. The van der Waals surface area contributed by atoms with Gasteiger partial charge < -0.3 is 15.0 Å². The third-order valence-corrected chi connectivity index (χ3v) is 4.87. The second-order valence-electron chi connectivity index (χ2n) is 5.63. The lowest BCUT2D eigenvalue weighted by molar-refractivity contribution is 0.0216. The van der Waals surface area contributed by atoms with Gasteiger partial charge >= 0.3 is 0 Å². The third-order valence-electron chi connectivity index (χ3n) is 3.76. The molecule has 1 atom stereocenters. The van der Waals surface area contributed by atoms with Crippen molar-refractivity contribution in [2.75, 3.05) is 25.1 Å². The molecule has 0 aromatic carbocycles. The molecule has 0 bridgehead atoms. The molecule has 1 unspecified atom stereocenters. The molecule has 1 aliphatic carbocycles. The Bertz CT molecular complexity index is 399. The molecule has 5 heteroatoms. The number of anilines is 1. The molecule has 1 saturated heterocycles. The van der Waals surface area contributed by atoms with Crippen LogP contribution in [0.1, 0.15) is 37.0 Å². The molecule has 2 fully saturated rings. The third kappa shape index (κ3) is 3.91. The maximum absolute atomic E-state index is 5.79. The summed E-state index contributed by atoms with van der Waals surface area (Å²) >= 11 is 1.80. The molecule has 1 N–H and O–H groups in total. The van der Waals surface area contributed by atoms with Crippen molar-refractivity contribution < 1.29 is 4.74 Å². The van der Waals surface area contributed by atoms with Gasteiger partial charge in [0, 0.05) is 43.9 Å². The van der Waals surface area contributed by atoms with Gasteiger partial charge in [-0.3, -0.25) is 0 Å². The van der Waals surface area contributed by atoms with Crippen LogP contribution in [-0.2, 0) is 11.3 Å². The molecule has 0 radical (unpaired) electrons. The van der Waals surface area contributed by atoms with E-state index in [1.165, 1.54) is 37.0 Å². The number of ether oxygens (including phenoxy) is 1. The van der Waals surface area contributed by atoms with E-state index in [0.717, 1.165) is 30.9 Å². The standard InChI is InChI=1S/C14H23N3OS/c1-17(10-12-4-2-3-7-18-12)14-16-9-13(19-14)8-15-11-5-6-11/h9,11-12,15H,2-8,10H2,1H3. The lowest BCUT2D eigenvalue weighted by Crippen LogP contribution is -2.33. The molecule has 2 heterocycles. The number of likely N-dealkylation sites (N-methyl/N-ethyl adjacent to an activating group) is 1. The molecule has 2 aliphatic rings. The summed E-state index contributed by atoms with van der Waals surface area (Å²) < 4.78 is 5.79. The van der Waals surface area contributed by atoms with E-state index in [2.05, 4.69) is 22.2 Å². The van der Waals surface area contributed by atoms with Crippen molar-refractivity contribution >= 4 is 16.5 Å². The zero-order chi connectivity index (χ0) is 13.1. The van der Waals surface area contributed by atoms with Gasteiger partial charge in [-0.25, -0.2) is 4.98 Å². The highest BCUT2D eigenvalue weighted by molar-refractivity contribution is 7.15. The molecule has 1 aliphatic heterocycles. The van der Waals surface area contributed by atoms with Gasteiger partial charge in [0.2, 0.25) is 0 Å². The fourth-order valence-corrected chi connectivity index (χ4v) is 3.25. The second kappa shape index (κ2) is 6.20. The van der Waals surface area contributed by atoms with Crippen LogP contribution in [0.2, 0.25) is 0 Å². The van der Waals surface area contributed by atoms with E-state index < -0.39 is 0 Å². The summed E-state index contributed by atoms with van der Waals surface area (Å²) in [5, 5.41) is 4.65. The number of nitrogens with zero attached hydrogens (tertiary/aromatic N) is 2. The first-order valence-corrected chi connectivity index (χ1v) is 8.14. The molecule has 1 saturated carbocycles. The minimum absolute atomic E-state index is 0.385. The van der Waals surface area contributed by atoms with Crippen molar-refractivity contribution in [2.45, 2.75) is 50.8 Å². The molecule has 0 spiro atoms. The molecule has 19 heavy (non-hydrogen) atoms. The number of hydrogen-bond donors (Lipinski definition) is 1. The second-order valence-corrected chi connectivity index (χ2v) is 6.73. The van der Waals surface area contributed by atoms with E-state index >= 15 is 0 Å². The predicted molar refractivity (Wildman–Crippen MR) is 78.8 cm³/mol. The fourth-order valence-electron chi connectivity index (χ4n) is 2.42. The van der Waals surface area contributed by atoms with Crippen molar-refractivity contribution in [3.05, 3.63) is 11.1 Å². The summed E-state index contributed by atoms with van der Waals surface area (Å²) in [6, 6.07) is 0.763. The lowest BCUT2D eigenvalue weighted by Gasteiger charge is -2.27. The van der Waals surface area contributed by atoms with Crippen LogP contribution < -0.4 is 10.2 Å². The van der Waals surface area contributed by atoms with Crippen LogP contribution in [0.25, 0.3) is 0 Å². The number of hydrogen-bond acceptors (Lipinski definition) is 5. The SMILES string of the molecule is CN(CC1CCCCO1)c1ncc(CNC2CC2)s1. The van der Waals surface area contributed by atoms with Crippen LogP contribution in [-0.4, -0.2) is 37.3 Å². The minimum atomic E-state index is 0.385. The average molecular weight is 281 g/mol. The molecule has 106 valence electrons. The number of rotatable bonds is 6. The lowest BCUT2D eigenvalue weighted by atomic mass is 10.1. The van der Waals surface area contributed by atoms with E-state index in [0.29, 0.717) is 6.10 Å². The van der Waals surface area contributed by atoms with Gasteiger partial charge in [-0.05, 0) is 32.1 Å². The number of thiazole rings is 1. The Labute approximate surface area is 119 Å². The molecule has 1 aromatic heterocycles. The Balaban J connectivity index is 1.48. The van der Waals surface area contributed by atoms with Crippen LogP contribution in [0, 0.1) is 0 Å². The van der Waals surface area contributed by atoms with Gasteiger partial charge in [0.25, 0.3) is 0 Å². The van der Waals surface area contributed by atoms with Gasteiger partial charge in [0.1, 0.15) is 0 Å². The van der Waals surface area contributed by atoms with Crippen LogP contribution >= 0.6 is 11.3 Å². The first kappa shape index (κ1) is 13.3. The Morgan fingerprint density at radius 2 is 2.32 bits per heavy atom. The van der Waals surface area contributed by atoms with Crippen LogP contribution in [0.4, 0.5) is 5.13 Å². The monoisotopic (exact) mass is 281 g/mol. The van der Waals surface area contributed by atoms with Crippen molar-refractivity contribution in [3.63, 3.8) is 0 Å². The van der Waals surface area contributed by atoms with Gasteiger partial charge in [0.15, 0.2) is 5.13 Å². The van der Waals surface area contributed by atoms with Crippen molar-refractivity contribution in [1.29, 1.82) is 0 Å². The zero-order valence-electron chi connectivity index (χ0n) is 11.6. The predicted octanol–water partition coefficient (Wildman–Crippen LogP) is 2.40. The molecular weight excluding hydrogens is 258 g/mol. The minimum Gasteiger partial charge on any atom is -0.376 e. The molecule has 3 rings (SSSR count). The Kier molecular flexibility index (Phi) is 4.35. The summed E-state index contributed by atoms with van der Waals surface area (Å²) in [5.74, 6) is 0. The van der Waals surface area contributed by atoms with E-state index in [4.69, 9.17) is 4.74 Å². The van der Waals surface area contributed by atoms with Crippen molar-refractivity contribution in [3.8, 4) is 0 Å². The Hall–Kier alpha value is -0.650. The van der Waals surface area contributed by atoms with E-state index in [1.807, 2.05) is 6.20 Å². The highest BCUT2D eigenvalue weighted by Gasteiger charge is 2.21. The topological polar surface area (TPSA) is 37.4 Å². The summed E-state index contributed by atoms with van der Waals surface area (Å²) in [6.07, 6.45) is 8.77. The number of aromatic nitrogens is 1. The van der Waals surface area contributed by atoms with E-state index in [-0.39, 0.29) is 0 Å². The van der Waals surface area contributed by atoms with E-state index in [9.17, 15) is 0 Å². The van der Waals surface area contributed by atoms with Gasteiger partial charge in [0.05, 0.1) is 6.10 Å². The quantitative estimate of drug-likeness (QED) is 0.869. The smallest absolute Gasteiger partial charge is 0.185 e. The van der Waals surface area contributed by atoms with Crippen LogP contribution in [0.3, 0.4) is 0 Å². The molecule has 4 nitrogen and oxygen atoms in total. The van der Waals surface area contributed by atoms with Crippen LogP contribution in [0.15, 0.2) is 6.20 Å². The summed E-state index contributed by atoms with van der Waals surface area (Å²) in [7, 11) is 2.12. The highest BCUT2D eigenvalue weighted by atomic mass is 32.1. The molecular formula is C14H23N3OS. The average Bonchev–Trinajstić information content (AvgIpc) is 3.14. The summed E-state index contributed by atoms with van der Waals surface area (Å²) in [5.41, 5.74) is 0. The largest absolute Gasteiger partial charge is 0.376 e. The Morgan fingerprint density at radius 3 is 3.05 bits per heavy atom. The van der Waals surface area contributed by atoms with Gasteiger partial charge in [-0.15, -0.1) is 11.3 Å². The van der Waals surface area contributed by atoms with Gasteiger partial charge in [-0.1, -0.05) is 0 Å². The molecule has 1 aromatic rings. The van der Waals surface area contributed by atoms with Crippen molar-refractivity contribution in [2.24, 2.45) is 0 Å². The van der Waals surface area contributed by atoms with E-state index in [1.54, 1.807) is 11.3 Å². The fraction of sp³-hybridized carbons (Fsp3) is 0.786. The van der Waals surface area contributed by atoms with Crippen LogP contribution in [0.5, 0.6) is 0 Å². The van der Waals surface area contributed by atoms with Gasteiger partial charge in [-0.2, -0.15) is 0 Å². The molecule has 0 amide bonds. The maximum atomic E-state index is 5.79. The summed E-state index contributed by atoms with van der Waals surface area (Å²) in [4.78, 5) is 8.10. The Morgan fingerprint density at radius 1 is 1.42 bits per heavy atom. The zero-order valence-corrected chi connectivity index (χ0v) is 12.4. The maximum Gasteiger partial charge on any atom is 0.185 e. The van der Waals surface area contributed by atoms with Crippen molar-refractivity contribution in [1.82, 2.24) is 10.3 Å². The highest BCUT2D eigenvalue weighted by Crippen LogP contribution is 2.25. The first-order valence-electron chi connectivity index (χ1n) is 7.32. The summed E-state index contributed by atoms with van der Waals surface area (Å²) in [6.45, 7) is 2.85. The normalized spacial score (nSPS) is 23.5.